The summed E-state index contributed by atoms with van der Waals surface area (Å²) >= 11 is 3.17. The number of halogens is 1. The zero-order chi connectivity index (χ0) is 17.5. The summed E-state index contributed by atoms with van der Waals surface area (Å²) in [6.45, 7) is 0.573. The zero-order valence-corrected chi connectivity index (χ0v) is 14.3. The number of urea groups is 1. The number of hydrogen-bond acceptors (Lipinski definition) is 4. The summed E-state index contributed by atoms with van der Waals surface area (Å²) in [6.07, 6.45) is 2.25. The predicted octanol–water partition coefficient (Wildman–Crippen LogP) is 3.08. The second-order valence-corrected chi connectivity index (χ2v) is 7.23. The number of carbonyl (C=O) groups excluding carboxylic acids is 1. The fourth-order valence-corrected chi connectivity index (χ4v) is 4.23. The summed E-state index contributed by atoms with van der Waals surface area (Å²) in [4.78, 5) is 35.9. The molecule has 128 valence electrons. The Morgan fingerprint density at radius 3 is 2.79 bits per heavy atom. The van der Waals surface area contributed by atoms with Crippen LogP contribution in [0.5, 0.6) is 0 Å². The molecule has 8 nitrogen and oxygen atoms in total. The Morgan fingerprint density at radius 2 is 2.17 bits per heavy atom. The number of fused-ring (bicyclic) bond motifs is 1. The predicted molar refractivity (Wildman–Crippen MR) is 88.8 cm³/mol. The fraction of sp³-hybridized carbons (Fsp3) is 0.467. The Kier molecular flexibility index (Phi) is 4.20. The van der Waals surface area contributed by atoms with Gasteiger partial charge in [-0.1, -0.05) is 22.4 Å². The van der Waals surface area contributed by atoms with Crippen LogP contribution in [0.2, 0.25) is 0 Å². The zero-order valence-electron chi connectivity index (χ0n) is 12.7. The molecule has 1 saturated carbocycles. The molecule has 2 amide bonds. The number of amides is 2. The highest BCUT2D eigenvalue weighted by atomic mass is 79.9. The monoisotopic (exact) mass is 397 g/mol. The number of nitrogens with one attached hydrogen (secondary N) is 1. The number of benzene rings is 1. The Labute approximate surface area is 146 Å². The smallest absolute Gasteiger partial charge is 0.321 e. The minimum atomic E-state index is -0.849. The van der Waals surface area contributed by atoms with Crippen LogP contribution in [0.4, 0.5) is 16.2 Å². The van der Waals surface area contributed by atoms with Crippen LogP contribution in [0.15, 0.2) is 22.7 Å². The van der Waals surface area contributed by atoms with Gasteiger partial charge in [-0.3, -0.25) is 14.9 Å². The van der Waals surface area contributed by atoms with E-state index < -0.39 is 22.3 Å². The van der Waals surface area contributed by atoms with E-state index in [0.717, 1.165) is 12.8 Å². The van der Waals surface area contributed by atoms with Crippen LogP contribution in [0.25, 0.3) is 0 Å². The van der Waals surface area contributed by atoms with Gasteiger partial charge in [0.05, 0.1) is 16.0 Å². The third-order valence-electron chi connectivity index (χ3n) is 4.93. The fourth-order valence-electron chi connectivity index (χ4n) is 3.75. The maximum absolute atomic E-state index is 12.4. The third kappa shape index (κ3) is 2.83. The van der Waals surface area contributed by atoms with E-state index in [1.54, 1.807) is 6.07 Å². The number of hydrogen-bond donors (Lipinski definition) is 2. The first-order chi connectivity index (χ1) is 11.3. The minimum Gasteiger partial charge on any atom is -0.481 e. The van der Waals surface area contributed by atoms with Crippen LogP contribution in [-0.4, -0.2) is 40.0 Å². The number of carboxylic acids is 1. The molecule has 2 atom stereocenters. The maximum atomic E-state index is 12.4. The van der Waals surface area contributed by atoms with Crippen molar-refractivity contribution in [1.29, 1.82) is 0 Å². The second kappa shape index (κ2) is 6.04. The normalized spacial score (nSPS) is 25.4. The Morgan fingerprint density at radius 1 is 1.42 bits per heavy atom. The molecule has 24 heavy (non-hydrogen) atoms. The minimum absolute atomic E-state index is 0.0300. The van der Waals surface area contributed by atoms with Crippen molar-refractivity contribution in [1.82, 2.24) is 4.90 Å². The Hall–Kier alpha value is -2.16. The van der Waals surface area contributed by atoms with Gasteiger partial charge < -0.3 is 15.3 Å². The van der Waals surface area contributed by atoms with Crippen LogP contribution >= 0.6 is 15.9 Å². The third-order valence-corrected chi connectivity index (χ3v) is 5.39. The van der Waals surface area contributed by atoms with E-state index in [4.69, 9.17) is 0 Å². The average molecular weight is 398 g/mol. The molecule has 2 N–H and O–H groups in total. The highest BCUT2D eigenvalue weighted by Crippen LogP contribution is 2.49. The molecule has 1 aromatic carbocycles. The maximum Gasteiger partial charge on any atom is 0.321 e. The van der Waals surface area contributed by atoms with Crippen molar-refractivity contribution in [2.75, 3.05) is 18.4 Å². The number of nitro benzene ring substituents is 1. The van der Waals surface area contributed by atoms with Gasteiger partial charge in [-0.2, -0.15) is 0 Å². The number of anilines is 1. The van der Waals surface area contributed by atoms with Gasteiger partial charge in [0.2, 0.25) is 0 Å². The van der Waals surface area contributed by atoms with Gasteiger partial charge in [0.1, 0.15) is 0 Å². The SMILES string of the molecule is O=C(Nc1cc(Br)cc([N+](=O)[O-])c1)N1C[C@@H]2CCC[C@@]2(C(=O)O)C1. The standard InChI is InChI=1S/C15H16BrN3O5/c16-10-4-11(6-12(5-10)19(23)24)17-14(22)18-7-9-2-1-3-15(9,8-18)13(20)21/h4-6,9H,1-3,7-8H2,(H,17,22)(H,20,21)/t9-,15+/m0/s1. The molecule has 1 aliphatic heterocycles. The van der Waals surface area contributed by atoms with E-state index in [9.17, 15) is 24.8 Å². The number of likely N-dealkylation sites (tertiary alicyclic amines) is 1. The summed E-state index contributed by atoms with van der Waals surface area (Å²) in [6, 6.07) is 3.74. The topological polar surface area (TPSA) is 113 Å². The van der Waals surface area contributed by atoms with Crippen LogP contribution < -0.4 is 5.32 Å². The molecule has 1 aromatic rings. The lowest BCUT2D eigenvalue weighted by atomic mass is 9.81. The summed E-state index contributed by atoms with van der Waals surface area (Å²) in [5.41, 5.74) is -0.692. The van der Waals surface area contributed by atoms with Crippen molar-refractivity contribution in [3.05, 3.63) is 32.8 Å². The van der Waals surface area contributed by atoms with Crippen LogP contribution in [0.1, 0.15) is 19.3 Å². The van der Waals surface area contributed by atoms with Crippen molar-refractivity contribution in [2.24, 2.45) is 11.3 Å². The highest BCUT2D eigenvalue weighted by Gasteiger charge is 2.55. The molecule has 1 saturated heterocycles. The number of carbonyl (C=O) groups is 2. The number of non-ortho nitro benzene ring substituents is 1. The number of nitro groups is 1. The van der Waals surface area contributed by atoms with Gasteiger partial charge in [-0.25, -0.2) is 4.79 Å². The van der Waals surface area contributed by atoms with E-state index in [1.165, 1.54) is 17.0 Å². The van der Waals surface area contributed by atoms with Gasteiger partial charge >= 0.3 is 12.0 Å². The van der Waals surface area contributed by atoms with Gasteiger partial charge in [-0.05, 0) is 24.8 Å². The number of rotatable bonds is 3. The van der Waals surface area contributed by atoms with Crippen LogP contribution in [0, 0.1) is 21.4 Å². The molecule has 0 spiro atoms. The van der Waals surface area contributed by atoms with Crippen molar-refractivity contribution in [2.45, 2.75) is 19.3 Å². The van der Waals surface area contributed by atoms with Gasteiger partial charge in [0.25, 0.3) is 5.69 Å². The van der Waals surface area contributed by atoms with E-state index >= 15 is 0 Å². The van der Waals surface area contributed by atoms with Crippen LogP contribution in [0.3, 0.4) is 0 Å². The molecule has 3 rings (SSSR count). The van der Waals surface area contributed by atoms with Crippen molar-refractivity contribution >= 4 is 39.3 Å². The first-order valence-electron chi connectivity index (χ1n) is 7.56. The first-order valence-corrected chi connectivity index (χ1v) is 8.35. The molecular formula is C15H16BrN3O5. The lowest BCUT2D eigenvalue weighted by Crippen LogP contribution is -2.38. The summed E-state index contributed by atoms with van der Waals surface area (Å²) in [7, 11) is 0. The summed E-state index contributed by atoms with van der Waals surface area (Å²) in [5.74, 6) is -0.879. The quantitative estimate of drug-likeness (QED) is 0.600. The Bertz CT molecular complexity index is 725. The molecular weight excluding hydrogens is 382 g/mol. The van der Waals surface area contributed by atoms with Crippen molar-refractivity contribution in [3.8, 4) is 0 Å². The van der Waals surface area contributed by atoms with Crippen molar-refractivity contribution in [3.63, 3.8) is 0 Å². The van der Waals surface area contributed by atoms with Gasteiger partial charge in [0, 0.05) is 29.7 Å². The number of carboxylic acid groups (broad SMARTS) is 1. The number of nitrogens with zero attached hydrogens (tertiary/aromatic N) is 2. The van der Waals surface area contributed by atoms with Gasteiger partial charge in [0.15, 0.2) is 0 Å². The molecule has 1 aliphatic carbocycles. The average Bonchev–Trinajstić information content (AvgIpc) is 3.04. The molecule has 0 aromatic heterocycles. The van der Waals surface area contributed by atoms with E-state index in [2.05, 4.69) is 21.2 Å². The molecule has 1 heterocycles. The van der Waals surface area contributed by atoms with E-state index in [0.29, 0.717) is 23.1 Å². The molecule has 2 fully saturated rings. The summed E-state index contributed by atoms with van der Waals surface area (Å²) < 4.78 is 0.479. The second-order valence-electron chi connectivity index (χ2n) is 6.32. The van der Waals surface area contributed by atoms with E-state index in [-0.39, 0.29) is 18.2 Å². The molecule has 0 radical (unpaired) electrons. The lowest BCUT2D eigenvalue weighted by molar-refractivity contribution is -0.384. The van der Waals surface area contributed by atoms with Crippen LogP contribution in [-0.2, 0) is 4.79 Å². The highest BCUT2D eigenvalue weighted by molar-refractivity contribution is 9.10. The number of aliphatic carboxylic acids is 1. The van der Waals surface area contributed by atoms with Gasteiger partial charge in [-0.15, -0.1) is 0 Å². The largest absolute Gasteiger partial charge is 0.481 e. The van der Waals surface area contributed by atoms with E-state index in [1.807, 2.05) is 0 Å². The molecule has 9 heteroatoms. The molecule has 0 unspecified atom stereocenters. The lowest BCUT2D eigenvalue weighted by Gasteiger charge is -2.23. The summed E-state index contributed by atoms with van der Waals surface area (Å²) in [5, 5.41) is 23.1. The first kappa shape index (κ1) is 16.7. The molecule has 2 aliphatic rings. The van der Waals surface area contributed by atoms with Crippen molar-refractivity contribution < 1.29 is 19.6 Å². The molecule has 0 bridgehead atoms. The Balaban J connectivity index is 1.75.